The molecule has 1 fully saturated rings. The van der Waals surface area contributed by atoms with Crippen molar-refractivity contribution in [2.45, 2.75) is 25.2 Å². The second-order valence-electron chi connectivity index (χ2n) is 5.01. The number of hydrogen-bond acceptors (Lipinski definition) is 6. The third kappa shape index (κ3) is 3.86. The molecule has 1 aliphatic heterocycles. The lowest BCUT2D eigenvalue weighted by Crippen LogP contribution is -2.37. The average molecular weight is 317 g/mol. The summed E-state index contributed by atoms with van der Waals surface area (Å²) in [6.07, 6.45) is -4.17. The highest BCUT2D eigenvalue weighted by atomic mass is 19.4. The zero-order valence-electron chi connectivity index (χ0n) is 11.5. The number of morpholine rings is 1. The van der Waals surface area contributed by atoms with Crippen molar-refractivity contribution in [2.75, 3.05) is 19.7 Å². The first kappa shape index (κ1) is 15.0. The summed E-state index contributed by atoms with van der Waals surface area (Å²) in [5.74, 6) is 0.533. The van der Waals surface area contributed by atoms with Crippen LogP contribution >= 0.6 is 0 Å². The molecule has 0 amide bonds. The van der Waals surface area contributed by atoms with Crippen LogP contribution in [0.4, 0.5) is 13.2 Å². The van der Waals surface area contributed by atoms with Gasteiger partial charge in [0.05, 0.1) is 19.4 Å². The molecule has 1 atom stereocenters. The molecule has 0 aromatic carbocycles. The number of hydrogen-bond donors (Lipinski definition) is 0. The van der Waals surface area contributed by atoms with Crippen molar-refractivity contribution in [3.05, 3.63) is 35.9 Å². The van der Waals surface area contributed by atoms with Crippen molar-refractivity contribution in [2.24, 2.45) is 0 Å². The molecular formula is C13H14F3N3O3. The van der Waals surface area contributed by atoms with Crippen LogP contribution in [0.1, 0.15) is 23.6 Å². The van der Waals surface area contributed by atoms with Crippen molar-refractivity contribution >= 4 is 0 Å². The smallest absolute Gasteiger partial charge is 0.396 e. The first-order valence-corrected chi connectivity index (χ1v) is 6.75. The Morgan fingerprint density at radius 1 is 1.36 bits per heavy atom. The third-order valence-corrected chi connectivity index (χ3v) is 3.24. The number of nitrogens with zero attached hydrogens (tertiary/aromatic N) is 3. The zero-order valence-corrected chi connectivity index (χ0v) is 11.5. The van der Waals surface area contributed by atoms with Crippen LogP contribution in [-0.4, -0.2) is 40.9 Å². The number of alkyl halides is 3. The summed E-state index contributed by atoms with van der Waals surface area (Å²) in [4.78, 5) is 5.75. The molecule has 22 heavy (non-hydrogen) atoms. The van der Waals surface area contributed by atoms with Crippen molar-refractivity contribution < 1.29 is 26.8 Å². The second kappa shape index (κ2) is 6.09. The van der Waals surface area contributed by atoms with Crippen LogP contribution in [0.5, 0.6) is 0 Å². The molecule has 3 rings (SSSR count). The van der Waals surface area contributed by atoms with E-state index in [4.69, 9.17) is 13.7 Å². The molecule has 0 spiro atoms. The number of halogens is 3. The summed E-state index contributed by atoms with van der Waals surface area (Å²) in [7, 11) is 0. The first-order chi connectivity index (χ1) is 10.5. The van der Waals surface area contributed by atoms with E-state index in [1.54, 1.807) is 12.3 Å². The summed E-state index contributed by atoms with van der Waals surface area (Å²) in [6.45, 7) is 1.96. The minimum atomic E-state index is -4.34. The van der Waals surface area contributed by atoms with Crippen LogP contribution in [0.3, 0.4) is 0 Å². The van der Waals surface area contributed by atoms with E-state index in [0.717, 1.165) is 0 Å². The van der Waals surface area contributed by atoms with Gasteiger partial charge < -0.3 is 13.7 Å². The van der Waals surface area contributed by atoms with E-state index in [9.17, 15) is 13.2 Å². The van der Waals surface area contributed by atoms with Gasteiger partial charge in [-0.05, 0) is 12.1 Å². The summed E-state index contributed by atoms with van der Waals surface area (Å²) in [5, 5.41) is 3.35. The maximum atomic E-state index is 12.3. The van der Waals surface area contributed by atoms with Gasteiger partial charge in [-0.2, -0.15) is 18.2 Å². The molecule has 9 heteroatoms. The van der Waals surface area contributed by atoms with Crippen LogP contribution in [-0.2, 0) is 17.7 Å². The van der Waals surface area contributed by atoms with E-state index >= 15 is 0 Å². The molecule has 2 aromatic rings. The van der Waals surface area contributed by atoms with Crippen LogP contribution < -0.4 is 0 Å². The molecule has 0 bridgehead atoms. The van der Waals surface area contributed by atoms with Gasteiger partial charge >= 0.3 is 6.18 Å². The van der Waals surface area contributed by atoms with E-state index in [-0.39, 0.29) is 24.4 Å². The minimum absolute atomic E-state index is 0.166. The highest BCUT2D eigenvalue weighted by Gasteiger charge is 2.31. The molecule has 0 radical (unpaired) electrons. The standard InChI is InChI=1S/C13H14F3N3O3/c14-13(15,16)6-11-17-12(22-18-11)8-19-3-5-21-10(7-19)9-2-1-4-20-9/h1-2,4,10H,3,5-8H2. The van der Waals surface area contributed by atoms with Crippen LogP contribution in [0, 0.1) is 0 Å². The van der Waals surface area contributed by atoms with Crippen molar-refractivity contribution in [1.82, 2.24) is 15.0 Å². The highest BCUT2D eigenvalue weighted by Crippen LogP contribution is 2.24. The minimum Gasteiger partial charge on any atom is -0.467 e. The Bertz CT molecular complexity index is 597. The average Bonchev–Trinajstić information content (AvgIpc) is 3.09. The molecule has 120 valence electrons. The molecule has 1 aliphatic rings. The lowest BCUT2D eigenvalue weighted by molar-refractivity contribution is -0.128. The van der Waals surface area contributed by atoms with Gasteiger partial charge in [-0.1, -0.05) is 5.16 Å². The lowest BCUT2D eigenvalue weighted by atomic mass is 10.2. The monoisotopic (exact) mass is 317 g/mol. The maximum Gasteiger partial charge on any atom is 0.396 e. The quantitative estimate of drug-likeness (QED) is 0.862. The molecular weight excluding hydrogens is 303 g/mol. The molecule has 1 unspecified atom stereocenters. The largest absolute Gasteiger partial charge is 0.467 e. The van der Waals surface area contributed by atoms with Gasteiger partial charge in [0, 0.05) is 13.1 Å². The predicted molar refractivity (Wildman–Crippen MR) is 66.7 cm³/mol. The molecule has 0 aliphatic carbocycles. The molecule has 3 heterocycles. The Kier molecular flexibility index (Phi) is 4.16. The van der Waals surface area contributed by atoms with E-state index in [1.807, 2.05) is 11.0 Å². The fourth-order valence-corrected chi connectivity index (χ4v) is 2.29. The van der Waals surface area contributed by atoms with Crippen LogP contribution in [0.2, 0.25) is 0 Å². The SMILES string of the molecule is FC(F)(F)Cc1noc(CN2CCOC(c3ccco3)C2)n1. The number of ether oxygens (including phenoxy) is 1. The lowest BCUT2D eigenvalue weighted by Gasteiger charge is -2.30. The second-order valence-corrected chi connectivity index (χ2v) is 5.01. The van der Waals surface area contributed by atoms with Gasteiger partial charge in [0.15, 0.2) is 5.82 Å². The molecule has 1 saturated heterocycles. The van der Waals surface area contributed by atoms with Crippen molar-refractivity contribution in [3.8, 4) is 0 Å². The van der Waals surface area contributed by atoms with E-state index in [0.29, 0.717) is 25.5 Å². The van der Waals surface area contributed by atoms with E-state index in [2.05, 4.69) is 10.1 Å². The molecule has 2 aromatic heterocycles. The Labute approximate surface area is 123 Å². The number of furan rings is 1. The van der Waals surface area contributed by atoms with E-state index < -0.39 is 12.6 Å². The Morgan fingerprint density at radius 2 is 2.23 bits per heavy atom. The van der Waals surface area contributed by atoms with Crippen molar-refractivity contribution in [3.63, 3.8) is 0 Å². The highest BCUT2D eigenvalue weighted by molar-refractivity contribution is 5.04. The maximum absolute atomic E-state index is 12.3. The Morgan fingerprint density at radius 3 is 2.95 bits per heavy atom. The summed E-state index contributed by atoms with van der Waals surface area (Å²) in [6, 6.07) is 3.60. The predicted octanol–water partition coefficient (Wildman–Crippen LogP) is 2.34. The molecule has 0 N–H and O–H groups in total. The van der Waals surface area contributed by atoms with Gasteiger partial charge in [-0.15, -0.1) is 0 Å². The third-order valence-electron chi connectivity index (χ3n) is 3.24. The molecule has 0 saturated carbocycles. The Hall–Kier alpha value is -1.87. The van der Waals surface area contributed by atoms with E-state index in [1.165, 1.54) is 0 Å². The zero-order chi connectivity index (χ0) is 15.6. The fourth-order valence-electron chi connectivity index (χ4n) is 2.29. The normalized spacial score (nSPS) is 20.4. The van der Waals surface area contributed by atoms with Crippen LogP contribution in [0.15, 0.2) is 27.3 Å². The fraction of sp³-hybridized carbons (Fsp3) is 0.538. The van der Waals surface area contributed by atoms with Gasteiger partial charge in [0.25, 0.3) is 0 Å². The topological polar surface area (TPSA) is 64.5 Å². The Balaban J connectivity index is 1.59. The van der Waals surface area contributed by atoms with Gasteiger partial charge in [-0.25, -0.2) is 0 Å². The van der Waals surface area contributed by atoms with Gasteiger partial charge in [0.1, 0.15) is 18.3 Å². The number of aromatic nitrogens is 2. The van der Waals surface area contributed by atoms with Gasteiger partial charge in [0.2, 0.25) is 5.89 Å². The first-order valence-electron chi connectivity index (χ1n) is 6.75. The molecule has 6 nitrogen and oxygen atoms in total. The number of rotatable bonds is 4. The summed E-state index contributed by atoms with van der Waals surface area (Å²) in [5.41, 5.74) is 0. The van der Waals surface area contributed by atoms with Crippen LogP contribution in [0.25, 0.3) is 0 Å². The summed E-state index contributed by atoms with van der Waals surface area (Å²) < 4.78 is 52.6. The van der Waals surface area contributed by atoms with Gasteiger partial charge in [-0.3, -0.25) is 4.90 Å². The van der Waals surface area contributed by atoms with Crippen molar-refractivity contribution in [1.29, 1.82) is 0 Å². The summed E-state index contributed by atoms with van der Waals surface area (Å²) >= 11 is 0.